The third kappa shape index (κ3) is 4.08. The summed E-state index contributed by atoms with van der Waals surface area (Å²) < 4.78 is 26.3. The lowest BCUT2D eigenvalue weighted by Gasteiger charge is -2.09. The van der Waals surface area contributed by atoms with E-state index >= 15 is 0 Å². The third-order valence-corrected chi connectivity index (χ3v) is 3.86. The lowest BCUT2D eigenvalue weighted by molar-refractivity contribution is 0.560. The molecule has 2 nitrogen and oxygen atoms in total. The van der Waals surface area contributed by atoms with E-state index in [9.17, 15) is 8.78 Å². The molecule has 1 N–H and O–H groups in total. The van der Waals surface area contributed by atoms with Crippen molar-refractivity contribution in [2.75, 3.05) is 6.54 Å². The standard InChI is InChI=1S/C15H18F2N2S/c1-3-4-18-10(2)14-9-20-15(19-14)7-11-5-12(16)8-13(17)6-11/h5-6,8-10,18H,3-4,7H2,1-2H3. The van der Waals surface area contributed by atoms with Crippen molar-refractivity contribution >= 4 is 11.3 Å². The molecule has 1 aromatic heterocycles. The molecule has 0 radical (unpaired) electrons. The Morgan fingerprint density at radius 2 is 1.95 bits per heavy atom. The predicted octanol–water partition coefficient (Wildman–Crippen LogP) is 4.07. The number of benzene rings is 1. The van der Waals surface area contributed by atoms with Gasteiger partial charge in [-0.15, -0.1) is 11.3 Å². The summed E-state index contributed by atoms with van der Waals surface area (Å²) in [6.07, 6.45) is 1.53. The topological polar surface area (TPSA) is 24.9 Å². The number of hydrogen-bond donors (Lipinski definition) is 1. The molecule has 2 rings (SSSR count). The number of nitrogens with zero attached hydrogens (tertiary/aromatic N) is 1. The predicted molar refractivity (Wildman–Crippen MR) is 78.0 cm³/mol. The minimum Gasteiger partial charge on any atom is -0.309 e. The summed E-state index contributed by atoms with van der Waals surface area (Å²) in [4.78, 5) is 4.53. The minimum absolute atomic E-state index is 0.198. The van der Waals surface area contributed by atoms with Crippen LogP contribution in [0.2, 0.25) is 0 Å². The van der Waals surface area contributed by atoms with E-state index in [1.54, 1.807) is 0 Å². The molecule has 20 heavy (non-hydrogen) atoms. The highest BCUT2D eigenvalue weighted by atomic mass is 32.1. The van der Waals surface area contributed by atoms with Gasteiger partial charge in [-0.2, -0.15) is 0 Å². The van der Waals surface area contributed by atoms with Gasteiger partial charge in [-0.05, 0) is 37.6 Å². The van der Waals surface area contributed by atoms with E-state index in [4.69, 9.17) is 0 Å². The van der Waals surface area contributed by atoms with Crippen molar-refractivity contribution in [2.24, 2.45) is 0 Å². The molecular weight excluding hydrogens is 278 g/mol. The van der Waals surface area contributed by atoms with E-state index in [2.05, 4.69) is 24.1 Å². The van der Waals surface area contributed by atoms with Gasteiger partial charge in [0.15, 0.2) is 0 Å². The second kappa shape index (κ2) is 6.90. The maximum Gasteiger partial charge on any atom is 0.126 e. The molecule has 0 aliphatic rings. The van der Waals surface area contributed by atoms with E-state index in [1.165, 1.54) is 23.5 Å². The van der Waals surface area contributed by atoms with Gasteiger partial charge in [0.05, 0.1) is 10.7 Å². The second-order valence-corrected chi connectivity index (χ2v) is 5.74. The average molecular weight is 296 g/mol. The number of nitrogens with one attached hydrogen (secondary N) is 1. The van der Waals surface area contributed by atoms with Crippen LogP contribution in [0.25, 0.3) is 0 Å². The fourth-order valence-corrected chi connectivity index (χ4v) is 2.88. The SMILES string of the molecule is CCCNC(C)c1csc(Cc2cc(F)cc(F)c2)n1. The number of thiazole rings is 1. The fourth-order valence-electron chi connectivity index (χ4n) is 1.96. The molecule has 2 aromatic rings. The zero-order valence-corrected chi connectivity index (χ0v) is 12.4. The molecule has 0 amide bonds. The van der Waals surface area contributed by atoms with E-state index in [0.717, 1.165) is 29.7 Å². The van der Waals surface area contributed by atoms with Crippen LogP contribution in [0.5, 0.6) is 0 Å². The molecule has 1 heterocycles. The molecule has 0 bridgehead atoms. The lowest BCUT2D eigenvalue weighted by Crippen LogP contribution is -2.19. The maximum atomic E-state index is 13.1. The second-order valence-electron chi connectivity index (χ2n) is 4.80. The Bertz CT molecular complexity index is 549. The van der Waals surface area contributed by atoms with Crippen molar-refractivity contribution in [1.29, 1.82) is 0 Å². The highest BCUT2D eigenvalue weighted by molar-refractivity contribution is 7.09. The van der Waals surface area contributed by atoms with Crippen LogP contribution in [0.3, 0.4) is 0 Å². The van der Waals surface area contributed by atoms with Crippen LogP contribution >= 0.6 is 11.3 Å². The van der Waals surface area contributed by atoms with Crippen molar-refractivity contribution in [3.63, 3.8) is 0 Å². The van der Waals surface area contributed by atoms with Gasteiger partial charge in [-0.3, -0.25) is 0 Å². The van der Waals surface area contributed by atoms with Gasteiger partial charge in [0.25, 0.3) is 0 Å². The van der Waals surface area contributed by atoms with Crippen LogP contribution in [0, 0.1) is 11.6 Å². The Kier molecular flexibility index (Phi) is 5.20. The molecule has 0 fully saturated rings. The Morgan fingerprint density at radius 3 is 2.60 bits per heavy atom. The first-order chi connectivity index (χ1) is 9.58. The highest BCUT2D eigenvalue weighted by Crippen LogP contribution is 2.20. The summed E-state index contributed by atoms with van der Waals surface area (Å²) in [5.74, 6) is -1.09. The van der Waals surface area contributed by atoms with Gasteiger partial charge in [0.2, 0.25) is 0 Å². The summed E-state index contributed by atoms with van der Waals surface area (Å²) in [6, 6.07) is 3.78. The minimum atomic E-state index is -0.547. The molecule has 1 atom stereocenters. The van der Waals surface area contributed by atoms with Crippen molar-refractivity contribution in [2.45, 2.75) is 32.7 Å². The first kappa shape index (κ1) is 15.1. The number of halogens is 2. The van der Waals surface area contributed by atoms with Crippen molar-refractivity contribution in [3.05, 3.63) is 51.5 Å². The lowest BCUT2D eigenvalue weighted by atomic mass is 10.1. The molecule has 0 saturated heterocycles. The van der Waals surface area contributed by atoms with Crippen molar-refractivity contribution in [1.82, 2.24) is 10.3 Å². The summed E-state index contributed by atoms with van der Waals surface area (Å²) >= 11 is 1.52. The normalized spacial score (nSPS) is 12.6. The van der Waals surface area contributed by atoms with Crippen LogP contribution in [-0.4, -0.2) is 11.5 Å². The molecule has 0 aliphatic carbocycles. The van der Waals surface area contributed by atoms with Crippen LogP contribution in [0.1, 0.15) is 42.6 Å². The molecule has 1 aromatic carbocycles. The van der Waals surface area contributed by atoms with Crippen LogP contribution < -0.4 is 5.32 Å². The van der Waals surface area contributed by atoms with E-state index in [1.807, 2.05) is 5.38 Å². The van der Waals surface area contributed by atoms with E-state index in [-0.39, 0.29) is 6.04 Å². The number of hydrogen-bond acceptors (Lipinski definition) is 3. The van der Waals surface area contributed by atoms with Gasteiger partial charge in [0.1, 0.15) is 11.6 Å². The summed E-state index contributed by atoms with van der Waals surface area (Å²) in [7, 11) is 0. The fraction of sp³-hybridized carbons (Fsp3) is 0.400. The zero-order valence-electron chi connectivity index (χ0n) is 11.6. The quantitative estimate of drug-likeness (QED) is 0.869. The number of rotatable bonds is 6. The third-order valence-electron chi connectivity index (χ3n) is 2.99. The Balaban J connectivity index is 2.05. The Hall–Kier alpha value is -1.33. The smallest absolute Gasteiger partial charge is 0.126 e. The number of aromatic nitrogens is 1. The van der Waals surface area contributed by atoms with Crippen LogP contribution in [-0.2, 0) is 6.42 Å². The highest BCUT2D eigenvalue weighted by Gasteiger charge is 2.10. The average Bonchev–Trinajstić information content (AvgIpc) is 2.83. The largest absolute Gasteiger partial charge is 0.309 e. The van der Waals surface area contributed by atoms with Gasteiger partial charge in [0, 0.05) is 23.9 Å². The van der Waals surface area contributed by atoms with Crippen molar-refractivity contribution < 1.29 is 8.78 Å². The molecule has 0 saturated carbocycles. The van der Waals surface area contributed by atoms with Gasteiger partial charge in [-0.1, -0.05) is 6.92 Å². The van der Waals surface area contributed by atoms with Gasteiger partial charge in [-0.25, -0.2) is 13.8 Å². The Labute approximate surface area is 121 Å². The Morgan fingerprint density at radius 1 is 1.25 bits per heavy atom. The monoisotopic (exact) mass is 296 g/mol. The maximum absolute atomic E-state index is 13.1. The van der Waals surface area contributed by atoms with Crippen LogP contribution in [0.4, 0.5) is 8.78 Å². The molecule has 108 valence electrons. The molecule has 1 unspecified atom stereocenters. The summed E-state index contributed by atoms with van der Waals surface area (Å²) in [6.45, 7) is 5.13. The molecule has 5 heteroatoms. The summed E-state index contributed by atoms with van der Waals surface area (Å²) in [5.41, 5.74) is 1.59. The van der Waals surface area contributed by atoms with Gasteiger partial charge >= 0.3 is 0 Å². The molecule has 0 spiro atoms. The van der Waals surface area contributed by atoms with Gasteiger partial charge < -0.3 is 5.32 Å². The zero-order chi connectivity index (χ0) is 14.5. The van der Waals surface area contributed by atoms with Crippen LogP contribution in [0.15, 0.2) is 23.6 Å². The van der Waals surface area contributed by atoms with E-state index < -0.39 is 11.6 Å². The van der Waals surface area contributed by atoms with Crippen molar-refractivity contribution in [3.8, 4) is 0 Å². The first-order valence-corrected chi connectivity index (χ1v) is 7.59. The molecule has 0 aliphatic heterocycles. The molecular formula is C15H18F2N2S. The summed E-state index contributed by atoms with van der Waals surface area (Å²) in [5, 5.41) is 6.24. The van der Waals surface area contributed by atoms with E-state index in [0.29, 0.717) is 12.0 Å². The first-order valence-electron chi connectivity index (χ1n) is 6.71.